The maximum atomic E-state index is 8.88. The summed E-state index contributed by atoms with van der Waals surface area (Å²) in [6, 6.07) is 0. The lowest BCUT2D eigenvalue weighted by atomic mass is 10.1. The molecule has 0 aromatic heterocycles. The third-order valence-electron chi connectivity index (χ3n) is 1.47. The van der Waals surface area contributed by atoms with Crippen molar-refractivity contribution < 1.29 is 25.2 Å². The molecule has 0 radical (unpaired) electrons. The van der Waals surface area contributed by atoms with Gasteiger partial charge in [-0.3, -0.25) is 0 Å². The minimum atomic E-state index is -1.41. The lowest BCUT2D eigenvalue weighted by Crippen LogP contribution is -2.52. The van der Waals surface area contributed by atoms with Crippen LogP contribution in [0.25, 0.3) is 0 Å². The fourth-order valence-electron chi connectivity index (χ4n) is 0.791. The first-order valence-electron chi connectivity index (χ1n) is 2.97. The number of hydrogen-bond donors (Lipinski definition) is 4. The molecule has 0 bridgehead atoms. The molecule has 0 aliphatic carbocycles. The van der Waals surface area contributed by atoms with E-state index in [2.05, 4.69) is 4.74 Å². The molecule has 60 valence electrons. The summed E-state index contributed by atoms with van der Waals surface area (Å²) in [6.45, 7) is -0.153. The molecule has 1 aliphatic rings. The quantitative estimate of drug-likeness (QED) is 0.304. The number of hydrogen-bond acceptors (Lipinski definition) is 5. The molecule has 4 atom stereocenters. The van der Waals surface area contributed by atoms with Crippen LogP contribution in [0, 0.1) is 0 Å². The maximum Gasteiger partial charge on any atom is 0.183 e. The van der Waals surface area contributed by atoms with Gasteiger partial charge in [0, 0.05) is 0 Å². The lowest BCUT2D eigenvalue weighted by Gasteiger charge is -2.31. The van der Waals surface area contributed by atoms with Gasteiger partial charge in [-0.1, -0.05) is 0 Å². The minimum Gasteiger partial charge on any atom is -0.388 e. The summed E-state index contributed by atoms with van der Waals surface area (Å²) in [6.07, 6.45) is -5.23. The Balaban J connectivity index is 2.52. The van der Waals surface area contributed by atoms with Crippen molar-refractivity contribution in [1.29, 1.82) is 0 Å². The standard InChI is InChI=1S/C5H10O5/c6-2-1-10-5(9)4(8)3(2)7/h2-9H,1H2/t2-,3-,4+,5+/m0/s1. The minimum absolute atomic E-state index is 0.153. The normalized spacial score (nSPS) is 49.2. The Morgan fingerprint density at radius 2 is 1.60 bits per heavy atom. The average molecular weight is 150 g/mol. The molecule has 1 heterocycles. The summed E-state index contributed by atoms with van der Waals surface area (Å²) in [4.78, 5) is 0. The van der Waals surface area contributed by atoms with Crippen LogP contribution in [0.1, 0.15) is 0 Å². The van der Waals surface area contributed by atoms with E-state index in [4.69, 9.17) is 20.4 Å². The molecule has 0 aromatic carbocycles. The van der Waals surface area contributed by atoms with E-state index in [-0.39, 0.29) is 6.61 Å². The highest BCUT2D eigenvalue weighted by atomic mass is 16.6. The van der Waals surface area contributed by atoms with Crippen molar-refractivity contribution in [2.24, 2.45) is 0 Å². The van der Waals surface area contributed by atoms with E-state index in [1.54, 1.807) is 0 Å². The summed E-state index contributed by atoms with van der Waals surface area (Å²) in [5.41, 5.74) is 0. The summed E-state index contributed by atoms with van der Waals surface area (Å²) in [5.74, 6) is 0. The Hall–Kier alpha value is -0.200. The van der Waals surface area contributed by atoms with Crippen molar-refractivity contribution in [2.45, 2.75) is 24.6 Å². The van der Waals surface area contributed by atoms with E-state index in [0.29, 0.717) is 0 Å². The zero-order chi connectivity index (χ0) is 7.72. The average Bonchev–Trinajstić information content (AvgIpc) is 1.93. The molecule has 0 unspecified atom stereocenters. The summed E-state index contributed by atoms with van der Waals surface area (Å²) in [5, 5.41) is 35.3. The van der Waals surface area contributed by atoms with Crippen LogP contribution in [-0.4, -0.2) is 51.6 Å². The van der Waals surface area contributed by atoms with Crippen LogP contribution in [0.2, 0.25) is 0 Å². The predicted molar refractivity (Wildman–Crippen MR) is 30.0 cm³/mol. The zero-order valence-electron chi connectivity index (χ0n) is 5.21. The first-order valence-corrected chi connectivity index (χ1v) is 2.97. The van der Waals surface area contributed by atoms with Gasteiger partial charge in [-0.25, -0.2) is 0 Å². The van der Waals surface area contributed by atoms with Gasteiger partial charge >= 0.3 is 0 Å². The predicted octanol–water partition coefficient (Wildman–Crippen LogP) is -2.58. The van der Waals surface area contributed by atoms with Gasteiger partial charge in [0.05, 0.1) is 6.61 Å². The van der Waals surface area contributed by atoms with Crippen molar-refractivity contribution in [3.8, 4) is 0 Å². The molecule has 0 saturated carbocycles. The Bertz CT molecular complexity index is 103. The van der Waals surface area contributed by atoms with E-state index < -0.39 is 24.6 Å². The molecule has 1 rings (SSSR count). The second kappa shape index (κ2) is 2.81. The Labute approximate surface area is 57.5 Å². The summed E-state index contributed by atoms with van der Waals surface area (Å²) in [7, 11) is 0. The monoisotopic (exact) mass is 150 g/mol. The van der Waals surface area contributed by atoms with Crippen molar-refractivity contribution >= 4 is 0 Å². The topological polar surface area (TPSA) is 90.2 Å². The van der Waals surface area contributed by atoms with Crippen LogP contribution in [0.15, 0.2) is 0 Å². The zero-order valence-corrected chi connectivity index (χ0v) is 5.21. The van der Waals surface area contributed by atoms with Gasteiger partial charge in [0.1, 0.15) is 18.3 Å². The van der Waals surface area contributed by atoms with Crippen LogP contribution in [0.3, 0.4) is 0 Å². The van der Waals surface area contributed by atoms with Crippen molar-refractivity contribution in [2.75, 3.05) is 6.61 Å². The molecule has 1 fully saturated rings. The fourth-order valence-corrected chi connectivity index (χ4v) is 0.791. The maximum absolute atomic E-state index is 8.88. The molecule has 1 aliphatic heterocycles. The highest BCUT2D eigenvalue weighted by Crippen LogP contribution is 2.12. The van der Waals surface area contributed by atoms with Gasteiger partial charge in [0.25, 0.3) is 0 Å². The highest BCUT2D eigenvalue weighted by molar-refractivity contribution is 4.81. The van der Waals surface area contributed by atoms with Gasteiger partial charge in [-0.2, -0.15) is 0 Å². The second-order valence-electron chi connectivity index (χ2n) is 2.27. The van der Waals surface area contributed by atoms with E-state index in [1.165, 1.54) is 0 Å². The van der Waals surface area contributed by atoms with Crippen molar-refractivity contribution in [3.05, 3.63) is 0 Å². The van der Waals surface area contributed by atoms with Gasteiger partial charge < -0.3 is 25.2 Å². The second-order valence-corrected chi connectivity index (χ2v) is 2.27. The largest absolute Gasteiger partial charge is 0.388 e. The molecule has 1 saturated heterocycles. The Morgan fingerprint density at radius 3 is 2.10 bits per heavy atom. The molecule has 0 aromatic rings. The number of ether oxygens (including phenoxy) is 1. The van der Waals surface area contributed by atoms with Crippen LogP contribution >= 0.6 is 0 Å². The number of aliphatic hydroxyl groups excluding tert-OH is 4. The van der Waals surface area contributed by atoms with E-state index >= 15 is 0 Å². The SMILES string of the molecule is O[C@@H]1[C@@H](O)[C@@H](O)CO[C@H]1O. The van der Waals surface area contributed by atoms with E-state index in [0.717, 1.165) is 0 Å². The van der Waals surface area contributed by atoms with E-state index in [1.807, 2.05) is 0 Å². The molecule has 0 spiro atoms. The molecule has 0 amide bonds. The van der Waals surface area contributed by atoms with Crippen LogP contribution < -0.4 is 0 Å². The van der Waals surface area contributed by atoms with Gasteiger partial charge in [-0.15, -0.1) is 0 Å². The van der Waals surface area contributed by atoms with Crippen LogP contribution in [0.4, 0.5) is 0 Å². The third-order valence-corrected chi connectivity index (χ3v) is 1.47. The summed E-state index contributed by atoms with van der Waals surface area (Å²) >= 11 is 0. The molecular weight excluding hydrogens is 140 g/mol. The number of aliphatic hydroxyl groups is 4. The molecule has 10 heavy (non-hydrogen) atoms. The molecule has 4 N–H and O–H groups in total. The molecule has 5 heteroatoms. The highest BCUT2D eigenvalue weighted by Gasteiger charge is 2.36. The van der Waals surface area contributed by atoms with Crippen LogP contribution in [0.5, 0.6) is 0 Å². The third kappa shape index (κ3) is 1.28. The smallest absolute Gasteiger partial charge is 0.183 e. The molecule has 5 nitrogen and oxygen atoms in total. The lowest BCUT2D eigenvalue weighted by molar-refractivity contribution is -0.252. The number of rotatable bonds is 0. The Morgan fingerprint density at radius 1 is 1.00 bits per heavy atom. The van der Waals surface area contributed by atoms with E-state index in [9.17, 15) is 0 Å². The van der Waals surface area contributed by atoms with Crippen molar-refractivity contribution in [3.63, 3.8) is 0 Å². The Kier molecular flexibility index (Phi) is 2.22. The van der Waals surface area contributed by atoms with Gasteiger partial charge in [0.2, 0.25) is 0 Å². The van der Waals surface area contributed by atoms with Gasteiger partial charge in [-0.05, 0) is 0 Å². The first-order chi connectivity index (χ1) is 4.63. The fraction of sp³-hybridized carbons (Fsp3) is 1.00. The van der Waals surface area contributed by atoms with Crippen LogP contribution in [-0.2, 0) is 4.74 Å². The first kappa shape index (κ1) is 7.90. The van der Waals surface area contributed by atoms with Crippen molar-refractivity contribution in [1.82, 2.24) is 0 Å². The molecular formula is C5H10O5. The van der Waals surface area contributed by atoms with Gasteiger partial charge in [0.15, 0.2) is 6.29 Å². The summed E-state index contributed by atoms with van der Waals surface area (Å²) < 4.78 is 4.47.